The molecule has 0 radical (unpaired) electrons. The topological polar surface area (TPSA) is 40.5 Å². The highest BCUT2D eigenvalue weighted by Gasteiger charge is 2.32. The predicted molar refractivity (Wildman–Crippen MR) is 76.3 cm³/mol. The van der Waals surface area contributed by atoms with Gasteiger partial charge in [-0.3, -0.25) is 9.69 Å². The van der Waals surface area contributed by atoms with Crippen LogP contribution in [0.2, 0.25) is 0 Å². The zero-order valence-corrected chi connectivity index (χ0v) is 12.0. The van der Waals surface area contributed by atoms with Crippen molar-refractivity contribution in [1.29, 1.82) is 0 Å². The Kier molecular flexibility index (Phi) is 4.25. The van der Waals surface area contributed by atoms with Crippen molar-refractivity contribution in [3.05, 3.63) is 35.4 Å². The van der Waals surface area contributed by atoms with E-state index < -0.39 is 5.97 Å². The molecule has 1 N–H and O–H groups in total. The van der Waals surface area contributed by atoms with E-state index in [4.69, 9.17) is 5.11 Å². The summed E-state index contributed by atoms with van der Waals surface area (Å²) in [6.07, 6.45) is 0.301. The Balaban J connectivity index is 1.90. The molecule has 0 saturated carbocycles. The van der Waals surface area contributed by atoms with Gasteiger partial charge in [0.1, 0.15) is 0 Å². The molecule has 3 nitrogen and oxygen atoms in total. The van der Waals surface area contributed by atoms with Crippen molar-refractivity contribution in [3.8, 4) is 0 Å². The molecule has 1 aliphatic heterocycles. The molecule has 2 rings (SSSR count). The number of carboxylic acid groups (broad SMARTS) is 1. The summed E-state index contributed by atoms with van der Waals surface area (Å²) < 4.78 is 0. The third-order valence-corrected chi connectivity index (χ3v) is 4.08. The molecule has 1 heterocycles. The lowest BCUT2D eigenvalue weighted by Crippen LogP contribution is -2.48. The van der Waals surface area contributed by atoms with Crippen molar-refractivity contribution in [1.82, 2.24) is 4.90 Å². The van der Waals surface area contributed by atoms with Crippen LogP contribution in [-0.4, -0.2) is 29.1 Å². The Labute approximate surface area is 115 Å². The monoisotopic (exact) mass is 261 g/mol. The van der Waals surface area contributed by atoms with Gasteiger partial charge in [0.25, 0.3) is 0 Å². The zero-order chi connectivity index (χ0) is 14.0. The summed E-state index contributed by atoms with van der Waals surface area (Å²) in [6, 6.07) is 9.18. The van der Waals surface area contributed by atoms with Gasteiger partial charge in [0, 0.05) is 19.1 Å². The van der Waals surface area contributed by atoms with Crippen molar-refractivity contribution in [3.63, 3.8) is 0 Å². The van der Waals surface area contributed by atoms with E-state index in [9.17, 15) is 4.79 Å². The van der Waals surface area contributed by atoms with Crippen LogP contribution in [0.5, 0.6) is 0 Å². The second-order valence-corrected chi connectivity index (χ2v) is 5.92. The minimum absolute atomic E-state index is 0.301. The summed E-state index contributed by atoms with van der Waals surface area (Å²) >= 11 is 0. The average Bonchev–Trinajstić information content (AvgIpc) is 2.32. The number of likely N-dealkylation sites (tertiary alicyclic amines) is 1. The fourth-order valence-corrected chi connectivity index (χ4v) is 2.67. The molecule has 1 saturated heterocycles. The Morgan fingerprint density at radius 3 is 2.21 bits per heavy atom. The first-order valence-corrected chi connectivity index (χ1v) is 7.03. The highest BCUT2D eigenvalue weighted by molar-refractivity contribution is 5.67. The van der Waals surface area contributed by atoms with Crippen molar-refractivity contribution in [2.45, 2.75) is 39.2 Å². The molecule has 104 valence electrons. The minimum Gasteiger partial charge on any atom is -0.481 e. The third-order valence-electron chi connectivity index (χ3n) is 4.08. The van der Waals surface area contributed by atoms with E-state index in [-0.39, 0.29) is 0 Å². The zero-order valence-electron chi connectivity index (χ0n) is 12.0. The first-order chi connectivity index (χ1) is 8.97. The molecule has 1 aliphatic rings. The van der Waals surface area contributed by atoms with Crippen LogP contribution in [0.25, 0.3) is 0 Å². The molecular formula is C16H23NO2. The molecule has 0 aromatic heterocycles. The lowest BCUT2D eigenvalue weighted by molar-refractivity contribution is -0.139. The second-order valence-electron chi connectivity index (χ2n) is 5.92. The maximum Gasteiger partial charge on any atom is 0.303 e. The van der Waals surface area contributed by atoms with Gasteiger partial charge in [-0.15, -0.1) is 0 Å². The van der Waals surface area contributed by atoms with Crippen LogP contribution in [-0.2, 0) is 4.79 Å². The standard InChI is InChI=1S/C16H23NO2/c1-11(2)14-4-6-15(7-5-14)12(3)17-9-13(10-17)8-16(18)19/h4-7,11-13H,8-10H2,1-3H3,(H,18,19). The largest absolute Gasteiger partial charge is 0.481 e. The van der Waals surface area contributed by atoms with Crippen molar-refractivity contribution in [2.75, 3.05) is 13.1 Å². The Hall–Kier alpha value is -1.35. The van der Waals surface area contributed by atoms with Crippen LogP contribution in [0.3, 0.4) is 0 Å². The van der Waals surface area contributed by atoms with Crippen LogP contribution in [0.15, 0.2) is 24.3 Å². The highest BCUT2D eigenvalue weighted by Crippen LogP contribution is 2.30. The van der Waals surface area contributed by atoms with Gasteiger partial charge in [-0.25, -0.2) is 0 Å². The van der Waals surface area contributed by atoms with Gasteiger partial charge in [0.2, 0.25) is 0 Å². The lowest BCUT2D eigenvalue weighted by atomic mass is 9.92. The maximum atomic E-state index is 10.6. The number of rotatable bonds is 5. The molecular weight excluding hydrogens is 238 g/mol. The van der Waals surface area contributed by atoms with Crippen LogP contribution in [0, 0.1) is 5.92 Å². The molecule has 1 unspecified atom stereocenters. The lowest BCUT2D eigenvalue weighted by Gasteiger charge is -2.43. The van der Waals surface area contributed by atoms with Gasteiger partial charge in [-0.05, 0) is 29.9 Å². The Morgan fingerprint density at radius 1 is 1.21 bits per heavy atom. The number of hydrogen-bond donors (Lipinski definition) is 1. The smallest absolute Gasteiger partial charge is 0.303 e. The van der Waals surface area contributed by atoms with Crippen LogP contribution in [0.1, 0.15) is 50.3 Å². The average molecular weight is 261 g/mol. The predicted octanol–water partition coefficient (Wildman–Crippen LogP) is 3.28. The molecule has 0 amide bonds. The minimum atomic E-state index is -0.682. The SMILES string of the molecule is CC(C)c1ccc(C(C)N2CC(CC(=O)O)C2)cc1. The molecule has 19 heavy (non-hydrogen) atoms. The van der Waals surface area contributed by atoms with Gasteiger partial charge in [-0.1, -0.05) is 38.1 Å². The molecule has 1 aromatic rings. The quantitative estimate of drug-likeness (QED) is 0.884. The molecule has 1 fully saturated rings. The normalized spacial score (nSPS) is 18.3. The van der Waals surface area contributed by atoms with Crippen LogP contribution in [0.4, 0.5) is 0 Å². The first-order valence-electron chi connectivity index (χ1n) is 7.03. The van der Waals surface area contributed by atoms with Gasteiger partial charge in [0.15, 0.2) is 0 Å². The van der Waals surface area contributed by atoms with Gasteiger partial charge < -0.3 is 5.11 Å². The van der Waals surface area contributed by atoms with E-state index in [1.807, 2.05) is 0 Å². The van der Waals surface area contributed by atoms with E-state index in [1.54, 1.807) is 0 Å². The summed E-state index contributed by atoms with van der Waals surface area (Å²) in [5.74, 6) is 0.210. The molecule has 1 aromatic carbocycles. The fraction of sp³-hybridized carbons (Fsp3) is 0.562. The van der Waals surface area contributed by atoms with Crippen molar-refractivity contribution < 1.29 is 9.90 Å². The summed E-state index contributed by atoms with van der Waals surface area (Å²) in [6.45, 7) is 8.40. The number of carbonyl (C=O) groups is 1. The summed E-state index contributed by atoms with van der Waals surface area (Å²) in [5.41, 5.74) is 2.68. The summed E-state index contributed by atoms with van der Waals surface area (Å²) in [5, 5.41) is 8.75. The van der Waals surface area contributed by atoms with Crippen LogP contribution < -0.4 is 0 Å². The second kappa shape index (κ2) is 5.74. The molecule has 0 aliphatic carbocycles. The van der Waals surface area contributed by atoms with Crippen molar-refractivity contribution >= 4 is 5.97 Å². The van der Waals surface area contributed by atoms with E-state index >= 15 is 0 Å². The van der Waals surface area contributed by atoms with Gasteiger partial charge >= 0.3 is 5.97 Å². The number of aliphatic carboxylic acids is 1. The molecule has 1 atom stereocenters. The number of benzene rings is 1. The van der Waals surface area contributed by atoms with E-state index in [0.717, 1.165) is 13.1 Å². The summed E-state index contributed by atoms with van der Waals surface area (Å²) in [7, 11) is 0. The summed E-state index contributed by atoms with van der Waals surface area (Å²) in [4.78, 5) is 13.0. The Bertz CT molecular complexity index is 433. The number of hydrogen-bond acceptors (Lipinski definition) is 2. The van der Waals surface area contributed by atoms with E-state index in [1.165, 1.54) is 11.1 Å². The Morgan fingerprint density at radius 2 is 1.74 bits per heavy atom. The van der Waals surface area contributed by atoms with E-state index in [0.29, 0.717) is 24.3 Å². The van der Waals surface area contributed by atoms with Gasteiger partial charge in [-0.2, -0.15) is 0 Å². The maximum absolute atomic E-state index is 10.6. The highest BCUT2D eigenvalue weighted by atomic mass is 16.4. The molecule has 3 heteroatoms. The number of carboxylic acids is 1. The number of nitrogens with zero attached hydrogens (tertiary/aromatic N) is 1. The first kappa shape index (κ1) is 14.1. The fourth-order valence-electron chi connectivity index (χ4n) is 2.67. The van der Waals surface area contributed by atoms with Crippen molar-refractivity contribution in [2.24, 2.45) is 5.92 Å². The van der Waals surface area contributed by atoms with Gasteiger partial charge in [0.05, 0.1) is 6.42 Å². The third kappa shape index (κ3) is 3.35. The molecule has 0 bridgehead atoms. The van der Waals surface area contributed by atoms with Crippen LogP contribution >= 0.6 is 0 Å². The molecule has 0 spiro atoms. The van der Waals surface area contributed by atoms with E-state index in [2.05, 4.69) is 49.9 Å².